The van der Waals surface area contributed by atoms with Gasteiger partial charge in [0.05, 0.1) is 5.25 Å². The van der Waals surface area contributed by atoms with E-state index in [2.05, 4.69) is 29.7 Å². The number of fused-ring (bicyclic) bond motifs is 1. The Morgan fingerprint density at radius 3 is 2.56 bits per heavy atom. The lowest BCUT2D eigenvalue weighted by Gasteiger charge is -2.26. The number of rotatable bonds is 5. The molecule has 0 radical (unpaired) electrons. The minimum Gasteiger partial charge on any atom is -0.355 e. The Hall–Kier alpha value is -3.12. The molecule has 6 heteroatoms. The number of benzene rings is 3. The van der Waals surface area contributed by atoms with Crippen molar-refractivity contribution in [2.24, 2.45) is 0 Å². The van der Waals surface area contributed by atoms with Gasteiger partial charge in [-0.1, -0.05) is 30.3 Å². The number of aryl methyl sites for hydroxylation is 1. The summed E-state index contributed by atoms with van der Waals surface area (Å²) in [6.07, 6.45) is 3.28. The highest BCUT2D eigenvalue weighted by atomic mass is 32.2. The van der Waals surface area contributed by atoms with E-state index in [4.69, 9.17) is 0 Å². The zero-order valence-corrected chi connectivity index (χ0v) is 19.4. The van der Waals surface area contributed by atoms with E-state index in [1.807, 2.05) is 42.5 Å². The molecular weight excluding hydrogens is 420 g/mol. The highest BCUT2D eigenvalue weighted by molar-refractivity contribution is 7.91. The van der Waals surface area contributed by atoms with Crippen LogP contribution in [0.2, 0.25) is 0 Å². The lowest BCUT2D eigenvalue weighted by Crippen LogP contribution is -2.27. The summed E-state index contributed by atoms with van der Waals surface area (Å²) in [5, 5.41) is 5.91. The van der Waals surface area contributed by atoms with Gasteiger partial charge in [0.1, 0.15) is 0 Å². The fraction of sp³-hybridized carbons (Fsp3) is 0.269. The van der Waals surface area contributed by atoms with Crippen molar-refractivity contribution in [2.45, 2.75) is 31.4 Å². The summed E-state index contributed by atoms with van der Waals surface area (Å²) in [5.74, 6) is -0.109. The molecule has 0 heterocycles. The topological polar surface area (TPSA) is 75.3 Å². The maximum Gasteiger partial charge on any atom is 0.251 e. The van der Waals surface area contributed by atoms with E-state index in [0.717, 1.165) is 40.0 Å². The van der Waals surface area contributed by atoms with Crippen molar-refractivity contribution in [2.75, 3.05) is 18.6 Å². The third-order valence-corrected chi connectivity index (χ3v) is 7.84. The quantitative estimate of drug-likeness (QED) is 0.595. The fourth-order valence-electron chi connectivity index (χ4n) is 4.39. The Bertz CT molecular complexity index is 1280. The van der Waals surface area contributed by atoms with Crippen LogP contribution in [0.15, 0.2) is 60.7 Å². The predicted molar refractivity (Wildman–Crippen MR) is 130 cm³/mol. The van der Waals surface area contributed by atoms with E-state index >= 15 is 0 Å². The van der Waals surface area contributed by atoms with Crippen LogP contribution in [-0.4, -0.2) is 32.9 Å². The summed E-state index contributed by atoms with van der Waals surface area (Å²) >= 11 is 0. The van der Waals surface area contributed by atoms with Gasteiger partial charge in [0.25, 0.3) is 5.91 Å². The van der Waals surface area contributed by atoms with E-state index in [1.165, 1.54) is 11.8 Å². The summed E-state index contributed by atoms with van der Waals surface area (Å²) in [5.41, 5.74) is 8.05. The second kappa shape index (κ2) is 8.79. The standard InChI is InChI=1S/C26H28N2O3S/c1-17-10-11-21(16-24(17)18-6-4-8-20(14-18)26(29)27-2)28-25-9-5-7-19-15-22(32(3,30)31)12-13-23(19)25/h4-11,14,16,22,28H,12-13,15H2,1-3H3,(H,27,29). The fourth-order valence-corrected chi connectivity index (χ4v) is 5.42. The van der Waals surface area contributed by atoms with Gasteiger partial charge in [0.2, 0.25) is 0 Å². The summed E-state index contributed by atoms with van der Waals surface area (Å²) in [7, 11) is -1.41. The van der Waals surface area contributed by atoms with Gasteiger partial charge in [-0.25, -0.2) is 8.42 Å². The molecule has 166 valence electrons. The predicted octanol–water partition coefficient (Wildman–Crippen LogP) is 4.67. The first-order chi connectivity index (χ1) is 15.3. The lowest BCUT2D eigenvalue weighted by atomic mass is 9.90. The monoisotopic (exact) mass is 448 g/mol. The Kier molecular flexibility index (Phi) is 6.07. The first-order valence-corrected chi connectivity index (χ1v) is 12.7. The van der Waals surface area contributed by atoms with Gasteiger partial charge in [-0.05, 0) is 84.3 Å². The number of anilines is 2. The summed E-state index contributed by atoms with van der Waals surface area (Å²) in [6, 6.07) is 19.9. The molecule has 1 amide bonds. The molecule has 0 bridgehead atoms. The highest BCUT2D eigenvalue weighted by Crippen LogP contribution is 2.34. The van der Waals surface area contributed by atoms with Crippen LogP contribution in [0.1, 0.15) is 33.5 Å². The van der Waals surface area contributed by atoms with Gasteiger partial charge in [-0.2, -0.15) is 0 Å². The Labute approximate surface area is 189 Å². The number of carbonyl (C=O) groups is 1. The molecule has 4 rings (SSSR count). The lowest BCUT2D eigenvalue weighted by molar-refractivity contribution is 0.0963. The molecule has 1 atom stereocenters. The molecule has 0 aromatic heterocycles. The van der Waals surface area contributed by atoms with Crippen molar-refractivity contribution in [3.8, 4) is 11.1 Å². The van der Waals surface area contributed by atoms with Crippen LogP contribution in [0.3, 0.4) is 0 Å². The number of hydrogen-bond donors (Lipinski definition) is 2. The minimum atomic E-state index is -3.04. The Morgan fingerprint density at radius 2 is 1.81 bits per heavy atom. The van der Waals surface area contributed by atoms with E-state index in [0.29, 0.717) is 18.4 Å². The number of hydrogen-bond acceptors (Lipinski definition) is 4. The first-order valence-electron chi connectivity index (χ1n) is 10.8. The SMILES string of the molecule is CNC(=O)c1cccc(-c2cc(Nc3cccc4c3CCC(S(C)(=O)=O)C4)ccc2C)c1. The zero-order chi connectivity index (χ0) is 22.9. The normalized spacial score (nSPS) is 15.7. The van der Waals surface area contributed by atoms with Crippen LogP contribution in [-0.2, 0) is 22.7 Å². The van der Waals surface area contributed by atoms with Crippen LogP contribution in [0.4, 0.5) is 11.4 Å². The van der Waals surface area contributed by atoms with Gasteiger partial charge >= 0.3 is 0 Å². The molecule has 0 saturated heterocycles. The molecule has 0 spiro atoms. The molecular formula is C26H28N2O3S. The van der Waals surface area contributed by atoms with Crippen molar-refractivity contribution >= 4 is 27.1 Å². The van der Waals surface area contributed by atoms with Gasteiger partial charge in [0.15, 0.2) is 9.84 Å². The van der Waals surface area contributed by atoms with Crippen molar-refractivity contribution in [1.29, 1.82) is 0 Å². The second-order valence-corrected chi connectivity index (χ2v) is 10.8. The third-order valence-electron chi connectivity index (χ3n) is 6.22. The molecule has 1 aliphatic rings. The van der Waals surface area contributed by atoms with Gasteiger partial charge in [0, 0.05) is 30.2 Å². The molecule has 2 N–H and O–H groups in total. The number of nitrogens with one attached hydrogen (secondary N) is 2. The summed E-state index contributed by atoms with van der Waals surface area (Å²) in [4.78, 5) is 12.1. The zero-order valence-electron chi connectivity index (χ0n) is 18.6. The minimum absolute atomic E-state index is 0.109. The molecule has 0 fully saturated rings. The average molecular weight is 449 g/mol. The smallest absolute Gasteiger partial charge is 0.251 e. The summed E-state index contributed by atoms with van der Waals surface area (Å²) in [6.45, 7) is 2.06. The molecule has 0 saturated carbocycles. The molecule has 0 aliphatic heterocycles. The molecule has 1 aliphatic carbocycles. The average Bonchev–Trinajstić information content (AvgIpc) is 2.79. The van der Waals surface area contributed by atoms with Gasteiger partial charge < -0.3 is 10.6 Å². The third kappa shape index (κ3) is 4.55. The number of carbonyl (C=O) groups excluding carboxylic acids is 1. The van der Waals surface area contributed by atoms with E-state index < -0.39 is 9.84 Å². The van der Waals surface area contributed by atoms with Crippen molar-refractivity contribution in [3.05, 3.63) is 82.9 Å². The van der Waals surface area contributed by atoms with Crippen LogP contribution in [0.25, 0.3) is 11.1 Å². The van der Waals surface area contributed by atoms with Crippen LogP contribution in [0.5, 0.6) is 0 Å². The largest absolute Gasteiger partial charge is 0.355 e. The van der Waals surface area contributed by atoms with Crippen LogP contribution >= 0.6 is 0 Å². The highest BCUT2D eigenvalue weighted by Gasteiger charge is 2.27. The van der Waals surface area contributed by atoms with Crippen LogP contribution in [0, 0.1) is 6.92 Å². The number of amides is 1. The molecule has 3 aromatic carbocycles. The van der Waals surface area contributed by atoms with Gasteiger partial charge in [-0.3, -0.25) is 4.79 Å². The molecule has 5 nitrogen and oxygen atoms in total. The maximum atomic E-state index is 12.1. The van der Waals surface area contributed by atoms with Crippen molar-refractivity contribution in [1.82, 2.24) is 5.32 Å². The Balaban J connectivity index is 1.65. The number of sulfone groups is 1. The first kappa shape index (κ1) is 22.1. The second-order valence-electron chi connectivity index (χ2n) is 8.45. The maximum absolute atomic E-state index is 12.1. The van der Waals surface area contributed by atoms with Crippen molar-refractivity contribution in [3.63, 3.8) is 0 Å². The van der Waals surface area contributed by atoms with E-state index in [9.17, 15) is 13.2 Å². The molecule has 1 unspecified atom stereocenters. The molecule has 3 aromatic rings. The Morgan fingerprint density at radius 1 is 1.03 bits per heavy atom. The van der Waals surface area contributed by atoms with Gasteiger partial charge in [-0.15, -0.1) is 0 Å². The molecule has 32 heavy (non-hydrogen) atoms. The van der Waals surface area contributed by atoms with Crippen molar-refractivity contribution < 1.29 is 13.2 Å². The van der Waals surface area contributed by atoms with E-state index in [1.54, 1.807) is 13.1 Å². The van der Waals surface area contributed by atoms with Crippen LogP contribution < -0.4 is 10.6 Å². The summed E-state index contributed by atoms with van der Waals surface area (Å²) < 4.78 is 24.0. The van der Waals surface area contributed by atoms with E-state index in [-0.39, 0.29) is 11.2 Å².